The number of anilines is 2. The fourth-order valence-corrected chi connectivity index (χ4v) is 3.51. The van der Waals surface area contributed by atoms with Crippen LogP contribution in [0.1, 0.15) is 12.5 Å². The van der Waals surface area contributed by atoms with Crippen molar-refractivity contribution in [2.75, 3.05) is 32.6 Å². The predicted molar refractivity (Wildman–Crippen MR) is 136 cm³/mol. The predicted octanol–water partition coefficient (Wildman–Crippen LogP) is 3.19. The van der Waals surface area contributed by atoms with Crippen molar-refractivity contribution in [2.24, 2.45) is 0 Å². The number of nitrogens with zero attached hydrogens (tertiary/aromatic N) is 4. The Balaban J connectivity index is 1.53. The fraction of sp³-hybridized carbons (Fsp3) is 0.231. The van der Waals surface area contributed by atoms with E-state index >= 15 is 0 Å². The van der Waals surface area contributed by atoms with Gasteiger partial charge >= 0.3 is 0 Å². The summed E-state index contributed by atoms with van der Waals surface area (Å²) in [4.78, 5) is 22.9. The largest absolute Gasteiger partial charge is 0.491 e. The lowest BCUT2D eigenvalue weighted by Crippen LogP contribution is -2.41. The van der Waals surface area contributed by atoms with Gasteiger partial charge in [-0.1, -0.05) is 5.92 Å². The third kappa shape index (κ3) is 6.34. The SMILES string of the molecule is C#Cc1ccc2nc(Nc3cc(OCC(C)NC(=O)CN(C)C)cc(-c4cn[nH]c4)c3)ncc2c1. The number of aromatic nitrogens is 4. The zero-order valence-electron chi connectivity index (χ0n) is 19.9. The lowest BCUT2D eigenvalue weighted by Gasteiger charge is -2.18. The average molecular weight is 470 g/mol. The number of H-pyrrole nitrogens is 1. The Morgan fingerprint density at radius 2 is 2.06 bits per heavy atom. The van der Waals surface area contributed by atoms with E-state index < -0.39 is 0 Å². The smallest absolute Gasteiger partial charge is 0.234 e. The van der Waals surface area contributed by atoms with Crippen molar-refractivity contribution in [3.63, 3.8) is 0 Å². The molecule has 3 N–H and O–H groups in total. The van der Waals surface area contributed by atoms with Gasteiger partial charge in [-0.3, -0.25) is 9.89 Å². The van der Waals surface area contributed by atoms with Gasteiger partial charge in [0.1, 0.15) is 12.4 Å². The second-order valence-electron chi connectivity index (χ2n) is 8.49. The van der Waals surface area contributed by atoms with E-state index in [1.807, 2.05) is 68.5 Å². The maximum atomic E-state index is 12.0. The van der Waals surface area contributed by atoms with Gasteiger partial charge in [-0.15, -0.1) is 6.42 Å². The zero-order chi connectivity index (χ0) is 24.8. The van der Waals surface area contributed by atoms with Gasteiger partial charge in [-0.2, -0.15) is 5.10 Å². The van der Waals surface area contributed by atoms with Crippen LogP contribution in [0, 0.1) is 12.3 Å². The number of ether oxygens (including phenoxy) is 1. The number of benzene rings is 2. The van der Waals surface area contributed by atoms with E-state index in [4.69, 9.17) is 11.2 Å². The standard InChI is InChI=1S/C26H27N7O2/c1-5-18-6-7-24-20(8-18)12-27-26(32-24)31-22-9-19(21-13-28-29-14-21)10-23(11-22)35-16-17(2)30-25(34)15-33(3)4/h1,6-14,17H,15-16H2,2-4H3,(H,28,29)(H,30,34)(H,27,31,32). The molecule has 178 valence electrons. The van der Waals surface area contributed by atoms with Gasteiger partial charge in [0.15, 0.2) is 0 Å². The van der Waals surface area contributed by atoms with Crippen LogP contribution in [0.25, 0.3) is 22.0 Å². The summed E-state index contributed by atoms with van der Waals surface area (Å²) >= 11 is 0. The molecule has 4 aromatic rings. The van der Waals surface area contributed by atoms with Crippen molar-refractivity contribution in [1.82, 2.24) is 30.4 Å². The molecule has 2 heterocycles. The average Bonchev–Trinajstić information content (AvgIpc) is 3.37. The first kappa shape index (κ1) is 23.7. The molecule has 35 heavy (non-hydrogen) atoms. The van der Waals surface area contributed by atoms with Crippen LogP contribution in [0.15, 0.2) is 55.0 Å². The Bertz CT molecular complexity index is 1360. The minimum absolute atomic E-state index is 0.0524. The molecule has 0 radical (unpaired) electrons. The van der Waals surface area contributed by atoms with E-state index in [2.05, 4.69) is 36.7 Å². The molecule has 0 spiro atoms. The number of carbonyl (C=O) groups excluding carboxylic acids is 1. The molecule has 1 unspecified atom stereocenters. The molecule has 0 aliphatic heterocycles. The Morgan fingerprint density at radius 1 is 1.20 bits per heavy atom. The molecule has 0 saturated carbocycles. The molecule has 0 saturated heterocycles. The lowest BCUT2D eigenvalue weighted by atomic mass is 10.1. The third-order valence-corrected chi connectivity index (χ3v) is 5.11. The molecule has 4 rings (SSSR count). The maximum Gasteiger partial charge on any atom is 0.234 e. The van der Waals surface area contributed by atoms with Crippen LogP contribution >= 0.6 is 0 Å². The summed E-state index contributed by atoms with van der Waals surface area (Å²) in [6.45, 7) is 2.54. The summed E-state index contributed by atoms with van der Waals surface area (Å²) in [5.41, 5.74) is 4.13. The minimum Gasteiger partial charge on any atom is -0.491 e. The van der Waals surface area contributed by atoms with Crippen LogP contribution in [-0.2, 0) is 4.79 Å². The molecular formula is C26H27N7O2. The summed E-state index contributed by atoms with van der Waals surface area (Å²) in [5.74, 6) is 3.66. The van der Waals surface area contributed by atoms with Crippen molar-refractivity contribution < 1.29 is 9.53 Å². The summed E-state index contributed by atoms with van der Waals surface area (Å²) in [6, 6.07) is 11.2. The highest BCUT2D eigenvalue weighted by Gasteiger charge is 2.11. The van der Waals surface area contributed by atoms with Gasteiger partial charge in [-0.05, 0) is 56.9 Å². The van der Waals surface area contributed by atoms with E-state index in [0.717, 1.165) is 33.3 Å². The van der Waals surface area contributed by atoms with Crippen LogP contribution in [-0.4, -0.2) is 64.3 Å². The normalized spacial score (nSPS) is 11.7. The van der Waals surface area contributed by atoms with Gasteiger partial charge in [0.05, 0.1) is 24.3 Å². The van der Waals surface area contributed by atoms with Gasteiger partial charge in [-0.25, -0.2) is 9.97 Å². The van der Waals surface area contributed by atoms with Crippen molar-refractivity contribution in [2.45, 2.75) is 13.0 Å². The fourth-order valence-electron chi connectivity index (χ4n) is 3.51. The molecule has 2 aromatic heterocycles. The number of rotatable bonds is 9. The molecule has 0 aliphatic rings. The van der Waals surface area contributed by atoms with E-state index in [9.17, 15) is 4.79 Å². The van der Waals surface area contributed by atoms with Crippen LogP contribution in [0.3, 0.4) is 0 Å². The van der Waals surface area contributed by atoms with Crippen LogP contribution in [0.5, 0.6) is 5.75 Å². The van der Waals surface area contributed by atoms with Gasteiger partial charge < -0.3 is 20.3 Å². The summed E-state index contributed by atoms with van der Waals surface area (Å²) in [7, 11) is 3.70. The quantitative estimate of drug-likeness (QED) is 0.323. The lowest BCUT2D eigenvalue weighted by molar-refractivity contribution is -0.122. The number of fused-ring (bicyclic) bond motifs is 1. The van der Waals surface area contributed by atoms with Crippen molar-refractivity contribution >= 4 is 28.4 Å². The van der Waals surface area contributed by atoms with E-state index in [-0.39, 0.29) is 11.9 Å². The highest BCUT2D eigenvalue weighted by atomic mass is 16.5. The Labute approximate surface area is 203 Å². The van der Waals surface area contributed by atoms with Gasteiger partial charge in [0.2, 0.25) is 11.9 Å². The monoisotopic (exact) mass is 469 g/mol. The van der Waals surface area contributed by atoms with Crippen molar-refractivity contribution in [3.8, 4) is 29.2 Å². The van der Waals surface area contributed by atoms with E-state index in [0.29, 0.717) is 24.8 Å². The van der Waals surface area contributed by atoms with Gasteiger partial charge in [0.25, 0.3) is 0 Å². The first-order chi connectivity index (χ1) is 16.9. The molecule has 2 aromatic carbocycles. The third-order valence-electron chi connectivity index (χ3n) is 5.11. The zero-order valence-corrected chi connectivity index (χ0v) is 19.9. The van der Waals surface area contributed by atoms with Crippen LogP contribution < -0.4 is 15.4 Å². The highest BCUT2D eigenvalue weighted by molar-refractivity contribution is 5.81. The number of aromatic amines is 1. The second kappa shape index (κ2) is 10.7. The summed E-state index contributed by atoms with van der Waals surface area (Å²) < 4.78 is 6.03. The molecule has 9 nitrogen and oxygen atoms in total. The number of carbonyl (C=O) groups is 1. The number of hydrogen-bond donors (Lipinski definition) is 3. The highest BCUT2D eigenvalue weighted by Crippen LogP contribution is 2.29. The second-order valence-corrected chi connectivity index (χ2v) is 8.49. The van der Waals surface area contributed by atoms with Crippen LogP contribution in [0.4, 0.5) is 11.6 Å². The van der Waals surface area contributed by atoms with Gasteiger partial charge in [0, 0.05) is 40.7 Å². The first-order valence-corrected chi connectivity index (χ1v) is 11.1. The molecule has 0 aliphatic carbocycles. The topological polar surface area (TPSA) is 108 Å². The molecule has 1 atom stereocenters. The Morgan fingerprint density at radius 3 is 2.80 bits per heavy atom. The number of likely N-dealkylation sites (N-methyl/N-ethyl adjacent to an activating group) is 1. The number of terminal acetylenes is 1. The number of amides is 1. The van der Waals surface area contributed by atoms with Crippen molar-refractivity contribution in [1.29, 1.82) is 0 Å². The number of nitrogens with one attached hydrogen (secondary N) is 3. The molecule has 9 heteroatoms. The molecule has 1 amide bonds. The van der Waals surface area contributed by atoms with Crippen molar-refractivity contribution in [3.05, 3.63) is 60.6 Å². The van der Waals surface area contributed by atoms with Crippen LogP contribution in [0.2, 0.25) is 0 Å². The Hall–Kier alpha value is -4.42. The minimum atomic E-state index is -0.159. The number of hydrogen-bond acceptors (Lipinski definition) is 7. The Kier molecular flexibility index (Phi) is 7.24. The maximum absolute atomic E-state index is 12.0. The molecule has 0 bridgehead atoms. The molecule has 0 fully saturated rings. The van der Waals surface area contributed by atoms with E-state index in [1.165, 1.54) is 0 Å². The van der Waals surface area contributed by atoms with E-state index in [1.54, 1.807) is 12.4 Å². The summed E-state index contributed by atoms with van der Waals surface area (Å²) in [6.07, 6.45) is 10.8. The molecular weight excluding hydrogens is 442 g/mol. The summed E-state index contributed by atoms with van der Waals surface area (Å²) in [5, 5.41) is 13.9. The first-order valence-electron chi connectivity index (χ1n) is 11.1.